The Morgan fingerprint density at radius 2 is 1.87 bits per heavy atom. The van der Waals surface area contributed by atoms with Crippen LogP contribution in [0.15, 0.2) is 72.4 Å². The number of rotatable bonds is 11. The van der Waals surface area contributed by atoms with Crippen molar-refractivity contribution in [2.45, 2.75) is 45.5 Å². The average molecular weight is 531 g/mol. The first-order valence-electron chi connectivity index (χ1n) is 12.6. The zero-order valence-corrected chi connectivity index (χ0v) is 21.6. The number of halogens is 3. The highest BCUT2D eigenvalue weighted by Crippen LogP contribution is 2.43. The normalized spacial score (nSPS) is 22.9. The van der Waals surface area contributed by atoms with E-state index < -0.39 is 11.7 Å². The highest BCUT2D eigenvalue weighted by atomic mass is 19.4. The maximum atomic E-state index is 12.9. The van der Waals surface area contributed by atoms with Gasteiger partial charge in [0.1, 0.15) is 25.5 Å². The molecular weight excluding hydrogens is 497 g/mol. The van der Waals surface area contributed by atoms with Gasteiger partial charge in [-0.1, -0.05) is 42.4 Å². The molecule has 204 valence electrons. The van der Waals surface area contributed by atoms with E-state index in [-0.39, 0.29) is 17.3 Å². The van der Waals surface area contributed by atoms with Crippen molar-refractivity contribution in [2.75, 3.05) is 20.3 Å². The van der Waals surface area contributed by atoms with Crippen LogP contribution in [0.5, 0.6) is 5.75 Å². The van der Waals surface area contributed by atoms with Crippen LogP contribution < -0.4 is 4.74 Å². The summed E-state index contributed by atoms with van der Waals surface area (Å²) >= 11 is 0. The largest absolute Gasteiger partial charge is 0.493 e. The first-order valence-corrected chi connectivity index (χ1v) is 12.6. The first-order chi connectivity index (χ1) is 18.3. The van der Waals surface area contributed by atoms with E-state index >= 15 is 0 Å². The third-order valence-electron chi connectivity index (χ3n) is 7.20. The Morgan fingerprint density at radius 1 is 1.11 bits per heavy atom. The lowest BCUT2D eigenvalue weighted by Crippen LogP contribution is -2.46. The maximum absolute atomic E-state index is 12.9. The molecule has 0 unspecified atom stereocenters. The second kappa shape index (κ2) is 12.4. The predicted octanol–water partition coefficient (Wildman–Crippen LogP) is 6.02. The highest BCUT2D eigenvalue weighted by Gasteiger charge is 2.44. The van der Waals surface area contributed by atoms with Gasteiger partial charge in [0.05, 0.1) is 31.0 Å². The van der Waals surface area contributed by atoms with E-state index in [1.807, 2.05) is 30.3 Å². The van der Waals surface area contributed by atoms with Gasteiger partial charge in [0, 0.05) is 23.9 Å². The number of hydrogen-bond acceptors (Lipinski definition) is 6. The van der Waals surface area contributed by atoms with Gasteiger partial charge in [-0.05, 0) is 49.1 Å². The topological polar surface area (TPSA) is 70.8 Å². The molecule has 3 atom stereocenters. The van der Waals surface area contributed by atoms with Crippen molar-refractivity contribution in [1.82, 2.24) is 14.8 Å². The van der Waals surface area contributed by atoms with Gasteiger partial charge in [-0.15, -0.1) is 0 Å². The minimum Gasteiger partial charge on any atom is -0.493 e. The van der Waals surface area contributed by atoms with E-state index in [0.29, 0.717) is 32.1 Å². The van der Waals surface area contributed by atoms with E-state index in [1.165, 1.54) is 25.6 Å². The Labute approximate surface area is 220 Å². The second-order valence-corrected chi connectivity index (χ2v) is 9.86. The molecule has 0 spiro atoms. The molecule has 4 rings (SSSR count). The van der Waals surface area contributed by atoms with Crippen LogP contribution in [0.25, 0.3) is 0 Å². The maximum Gasteiger partial charge on any atom is 0.416 e. The fourth-order valence-electron chi connectivity index (χ4n) is 5.00. The standard InChI is InChI=1S/C28H33F3N4O3/c1-27(14-15-37-17-21-6-4-3-5-7-21)13-12-22(18-38-24-10-8-23(9-11-24)28(29,30)31)25(26(27)34-36-2)16-35-20-32-19-33-35/h3-11,19-20,22,25H,12-18H2,1-2H3/t22-,25-,27-/m0/s1. The van der Waals surface area contributed by atoms with Gasteiger partial charge in [-0.25, -0.2) is 4.98 Å². The number of aromatic nitrogens is 3. The van der Waals surface area contributed by atoms with Crippen LogP contribution in [0.2, 0.25) is 0 Å². The Hall–Kier alpha value is -3.40. The third-order valence-corrected chi connectivity index (χ3v) is 7.20. The summed E-state index contributed by atoms with van der Waals surface area (Å²) in [6.45, 7) is 4.15. The van der Waals surface area contributed by atoms with E-state index in [0.717, 1.165) is 42.7 Å². The predicted molar refractivity (Wildman–Crippen MR) is 136 cm³/mol. The van der Waals surface area contributed by atoms with Crippen LogP contribution in [0.3, 0.4) is 0 Å². The van der Waals surface area contributed by atoms with Crippen LogP contribution in [0, 0.1) is 17.3 Å². The van der Waals surface area contributed by atoms with Crippen molar-refractivity contribution in [3.63, 3.8) is 0 Å². The van der Waals surface area contributed by atoms with Crippen molar-refractivity contribution in [2.24, 2.45) is 22.4 Å². The molecule has 7 nitrogen and oxygen atoms in total. The van der Waals surface area contributed by atoms with Gasteiger partial charge in [-0.3, -0.25) is 4.68 Å². The molecule has 1 aliphatic rings. The molecule has 0 aliphatic heterocycles. The zero-order chi connectivity index (χ0) is 27.0. The molecule has 1 saturated carbocycles. The van der Waals surface area contributed by atoms with Crippen LogP contribution in [0.4, 0.5) is 13.2 Å². The van der Waals surface area contributed by atoms with Gasteiger partial charge < -0.3 is 14.3 Å². The molecule has 3 aromatic rings. The number of oxime groups is 1. The van der Waals surface area contributed by atoms with Crippen molar-refractivity contribution in [3.05, 3.63) is 78.4 Å². The first kappa shape index (κ1) is 27.6. The number of ether oxygens (including phenoxy) is 2. The molecule has 10 heteroatoms. The molecule has 0 bridgehead atoms. The molecule has 1 heterocycles. The van der Waals surface area contributed by atoms with Gasteiger partial charge >= 0.3 is 6.18 Å². The second-order valence-electron chi connectivity index (χ2n) is 9.86. The Bertz CT molecular complexity index is 1150. The number of nitrogens with zero attached hydrogens (tertiary/aromatic N) is 4. The third kappa shape index (κ3) is 7.12. The molecular formula is C28H33F3N4O3. The number of hydrogen-bond donors (Lipinski definition) is 0. The Balaban J connectivity index is 1.46. The smallest absolute Gasteiger partial charge is 0.416 e. The summed E-state index contributed by atoms with van der Waals surface area (Å²) in [6.07, 6.45) is 1.22. The van der Waals surface area contributed by atoms with Gasteiger partial charge in [-0.2, -0.15) is 18.3 Å². The summed E-state index contributed by atoms with van der Waals surface area (Å²) < 4.78 is 52.5. The molecule has 0 radical (unpaired) electrons. The fraction of sp³-hybridized carbons (Fsp3) is 0.464. The zero-order valence-electron chi connectivity index (χ0n) is 21.6. The van der Waals surface area contributed by atoms with Crippen molar-refractivity contribution in [3.8, 4) is 5.75 Å². The van der Waals surface area contributed by atoms with Crippen molar-refractivity contribution in [1.29, 1.82) is 0 Å². The summed E-state index contributed by atoms with van der Waals surface area (Å²) in [5.74, 6) is 0.373. The molecule has 1 aromatic heterocycles. The number of alkyl halides is 3. The lowest BCUT2D eigenvalue weighted by atomic mass is 9.63. The van der Waals surface area contributed by atoms with Gasteiger partial charge in [0.25, 0.3) is 0 Å². The van der Waals surface area contributed by atoms with Crippen LogP contribution >= 0.6 is 0 Å². The lowest BCUT2D eigenvalue weighted by Gasteiger charge is -2.43. The monoisotopic (exact) mass is 530 g/mol. The van der Waals surface area contributed by atoms with E-state index in [2.05, 4.69) is 22.2 Å². The van der Waals surface area contributed by atoms with E-state index in [4.69, 9.17) is 14.3 Å². The molecule has 0 saturated heterocycles. The fourth-order valence-corrected chi connectivity index (χ4v) is 5.00. The Morgan fingerprint density at radius 3 is 2.53 bits per heavy atom. The lowest BCUT2D eigenvalue weighted by molar-refractivity contribution is -0.137. The SMILES string of the molecule is CON=C1[C@@H](Cn2cncn2)[C@H](COc2ccc(C(F)(F)F)cc2)CC[C@@]1(C)CCOCc1ccccc1. The van der Waals surface area contributed by atoms with Crippen molar-refractivity contribution < 1.29 is 27.5 Å². The average Bonchev–Trinajstić information content (AvgIpc) is 3.42. The number of benzene rings is 2. The molecule has 0 N–H and O–H groups in total. The quantitative estimate of drug-likeness (QED) is 0.224. The van der Waals surface area contributed by atoms with E-state index in [9.17, 15) is 13.2 Å². The van der Waals surface area contributed by atoms with Crippen LogP contribution in [0.1, 0.15) is 37.3 Å². The summed E-state index contributed by atoms with van der Waals surface area (Å²) in [4.78, 5) is 9.38. The summed E-state index contributed by atoms with van der Waals surface area (Å²) in [5, 5.41) is 8.78. The molecule has 2 aromatic carbocycles. The molecule has 38 heavy (non-hydrogen) atoms. The summed E-state index contributed by atoms with van der Waals surface area (Å²) in [5.41, 5.74) is 1.07. The summed E-state index contributed by atoms with van der Waals surface area (Å²) in [7, 11) is 1.54. The summed E-state index contributed by atoms with van der Waals surface area (Å²) in [6, 6.07) is 14.8. The highest BCUT2D eigenvalue weighted by molar-refractivity contribution is 5.92. The van der Waals surface area contributed by atoms with E-state index in [1.54, 1.807) is 11.0 Å². The van der Waals surface area contributed by atoms with Crippen LogP contribution in [-0.4, -0.2) is 40.8 Å². The molecule has 0 amide bonds. The van der Waals surface area contributed by atoms with Crippen LogP contribution in [-0.2, 0) is 28.9 Å². The van der Waals surface area contributed by atoms with Gasteiger partial charge in [0.15, 0.2) is 0 Å². The van der Waals surface area contributed by atoms with Crippen molar-refractivity contribution >= 4 is 5.71 Å². The Kier molecular flexibility index (Phi) is 9.04. The van der Waals surface area contributed by atoms with Gasteiger partial charge in [0.2, 0.25) is 0 Å². The minimum absolute atomic E-state index is 0.0497. The minimum atomic E-state index is -4.38. The molecule has 1 fully saturated rings. The molecule has 1 aliphatic carbocycles.